The molecule has 0 aliphatic carbocycles. The summed E-state index contributed by atoms with van der Waals surface area (Å²) in [4.78, 5) is 30.7. The number of piperidine rings is 1. The van der Waals surface area contributed by atoms with E-state index in [2.05, 4.69) is 4.98 Å². The van der Waals surface area contributed by atoms with E-state index in [9.17, 15) is 9.59 Å². The second kappa shape index (κ2) is 8.38. The summed E-state index contributed by atoms with van der Waals surface area (Å²) in [6.07, 6.45) is 1.89. The zero-order valence-corrected chi connectivity index (χ0v) is 16.2. The summed E-state index contributed by atoms with van der Waals surface area (Å²) < 4.78 is 15.9. The molecule has 2 rings (SSSR count). The molecule has 0 unspecified atom stereocenters. The molecule has 7 nitrogen and oxygen atoms in total. The van der Waals surface area contributed by atoms with Crippen LogP contribution in [0.15, 0.2) is 18.3 Å². The van der Waals surface area contributed by atoms with Crippen molar-refractivity contribution in [1.29, 1.82) is 0 Å². The monoisotopic (exact) mass is 364 g/mol. The average molecular weight is 364 g/mol. The quantitative estimate of drug-likeness (QED) is 0.764. The molecule has 1 aromatic heterocycles. The predicted octanol–water partition coefficient (Wildman–Crippen LogP) is 2.99. The molecule has 1 aromatic rings. The Kier molecular flexibility index (Phi) is 6.45. The number of methoxy groups -OCH3 is 1. The maximum Gasteiger partial charge on any atom is 0.410 e. The molecule has 26 heavy (non-hydrogen) atoms. The molecule has 0 N–H and O–H groups in total. The van der Waals surface area contributed by atoms with Gasteiger partial charge in [0.15, 0.2) is 0 Å². The number of amides is 1. The van der Waals surface area contributed by atoms with E-state index in [1.807, 2.05) is 32.9 Å². The summed E-state index contributed by atoms with van der Waals surface area (Å²) in [7, 11) is 1.56. The fourth-order valence-corrected chi connectivity index (χ4v) is 3.10. The van der Waals surface area contributed by atoms with Crippen LogP contribution >= 0.6 is 0 Å². The molecule has 1 aliphatic rings. The molecule has 1 amide bonds. The van der Waals surface area contributed by atoms with Crippen LogP contribution in [0.3, 0.4) is 0 Å². The van der Waals surface area contributed by atoms with Crippen molar-refractivity contribution >= 4 is 12.1 Å². The van der Waals surface area contributed by atoms with E-state index in [0.29, 0.717) is 25.5 Å². The Labute approximate surface area is 154 Å². The Morgan fingerprint density at radius 1 is 1.35 bits per heavy atom. The summed E-state index contributed by atoms with van der Waals surface area (Å²) in [5.41, 5.74) is 0.380. The van der Waals surface area contributed by atoms with Gasteiger partial charge in [-0.15, -0.1) is 0 Å². The van der Waals surface area contributed by atoms with Gasteiger partial charge in [0.05, 0.1) is 19.6 Å². The fraction of sp³-hybridized carbons (Fsp3) is 0.632. The molecule has 0 spiro atoms. The number of likely N-dealkylation sites (tertiary alicyclic amines) is 1. The van der Waals surface area contributed by atoms with Crippen molar-refractivity contribution in [2.75, 3.05) is 26.8 Å². The van der Waals surface area contributed by atoms with Gasteiger partial charge in [0, 0.05) is 31.3 Å². The van der Waals surface area contributed by atoms with Crippen LogP contribution in [0.4, 0.5) is 4.79 Å². The van der Waals surface area contributed by atoms with E-state index >= 15 is 0 Å². The SMILES string of the molecule is CCOC(=O)[C@H]1CN(C(=O)OC(C)(C)C)CC[C@H]1c1ccnc(OC)c1. The molecule has 0 aromatic carbocycles. The van der Waals surface area contributed by atoms with Crippen LogP contribution < -0.4 is 4.74 Å². The highest BCUT2D eigenvalue weighted by Gasteiger charge is 2.39. The highest BCUT2D eigenvalue weighted by molar-refractivity contribution is 5.76. The predicted molar refractivity (Wildman–Crippen MR) is 96.1 cm³/mol. The molecular formula is C19H28N2O5. The molecule has 7 heteroatoms. The Morgan fingerprint density at radius 3 is 2.69 bits per heavy atom. The molecule has 2 atom stereocenters. The molecule has 144 valence electrons. The lowest BCUT2D eigenvalue weighted by Gasteiger charge is -2.38. The maximum absolute atomic E-state index is 12.5. The van der Waals surface area contributed by atoms with Gasteiger partial charge in [-0.3, -0.25) is 4.79 Å². The lowest BCUT2D eigenvalue weighted by molar-refractivity contribution is -0.150. The summed E-state index contributed by atoms with van der Waals surface area (Å²) >= 11 is 0. The third kappa shape index (κ3) is 5.09. The number of aromatic nitrogens is 1. The largest absolute Gasteiger partial charge is 0.481 e. The number of hydrogen-bond donors (Lipinski definition) is 0. The molecule has 1 fully saturated rings. The normalized spacial score (nSPS) is 20.4. The van der Waals surface area contributed by atoms with E-state index in [-0.39, 0.29) is 18.4 Å². The number of carbonyl (C=O) groups is 2. The Bertz CT molecular complexity index is 641. The van der Waals surface area contributed by atoms with Crippen molar-refractivity contribution in [1.82, 2.24) is 9.88 Å². The lowest BCUT2D eigenvalue weighted by atomic mass is 9.81. The number of rotatable bonds is 4. The Hall–Kier alpha value is -2.31. The van der Waals surface area contributed by atoms with Gasteiger partial charge in [0.2, 0.25) is 5.88 Å². The summed E-state index contributed by atoms with van der Waals surface area (Å²) in [6.45, 7) is 8.32. The van der Waals surface area contributed by atoms with Gasteiger partial charge in [-0.05, 0) is 45.7 Å². The first-order valence-electron chi connectivity index (χ1n) is 8.89. The molecule has 0 radical (unpaired) electrons. The van der Waals surface area contributed by atoms with Crippen molar-refractivity contribution in [3.05, 3.63) is 23.9 Å². The van der Waals surface area contributed by atoms with Crippen LogP contribution in [0, 0.1) is 5.92 Å². The summed E-state index contributed by atoms with van der Waals surface area (Å²) in [5.74, 6) is -0.325. The second-order valence-corrected chi connectivity index (χ2v) is 7.31. The number of esters is 1. The minimum atomic E-state index is -0.578. The minimum absolute atomic E-state index is 0.0652. The third-order valence-corrected chi connectivity index (χ3v) is 4.25. The van der Waals surface area contributed by atoms with Crippen LogP contribution in [0.2, 0.25) is 0 Å². The highest BCUT2D eigenvalue weighted by Crippen LogP contribution is 2.35. The van der Waals surface area contributed by atoms with E-state index in [1.54, 1.807) is 25.1 Å². The fourth-order valence-electron chi connectivity index (χ4n) is 3.10. The standard InChI is InChI=1S/C19H28N2O5/c1-6-25-17(22)15-12-21(18(23)26-19(2,3)4)10-8-14(15)13-7-9-20-16(11-13)24-5/h7,9,11,14-15H,6,8,10,12H2,1-5H3/t14-,15-/m0/s1. The third-order valence-electron chi connectivity index (χ3n) is 4.25. The summed E-state index contributed by atoms with van der Waals surface area (Å²) in [5, 5.41) is 0. The van der Waals surface area contributed by atoms with Crippen molar-refractivity contribution in [3.8, 4) is 5.88 Å². The number of nitrogens with zero attached hydrogens (tertiary/aromatic N) is 2. The van der Waals surface area contributed by atoms with E-state index in [0.717, 1.165) is 5.56 Å². The van der Waals surface area contributed by atoms with Crippen molar-refractivity contribution in [2.24, 2.45) is 5.92 Å². The first-order valence-corrected chi connectivity index (χ1v) is 8.89. The first-order chi connectivity index (χ1) is 12.2. The molecule has 1 aliphatic heterocycles. The molecule has 2 heterocycles. The van der Waals surface area contributed by atoms with Gasteiger partial charge in [0.1, 0.15) is 5.60 Å². The first kappa shape index (κ1) is 20.0. The van der Waals surface area contributed by atoms with Gasteiger partial charge in [-0.25, -0.2) is 9.78 Å². The van der Waals surface area contributed by atoms with Crippen LogP contribution in [0.1, 0.15) is 45.6 Å². The van der Waals surface area contributed by atoms with Crippen LogP contribution in [0.25, 0.3) is 0 Å². The van der Waals surface area contributed by atoms with E-state index < -0.39 is 17.6 Å². The van der Waals surface area contributed by atoms with Gasteiger partial charge in [-0.1, -0.05) is 0 Å². The van der Waals surface area contributed by atoms with Crippen molar-refractivity contribution < 1.29 is 23.8 Å². The van der Waals surface area contributed by atoms with Crippen LogP contribution in [-0.4, -0.2) is 54.4 Å². The van der Waals surface area contributed by atoms with Gasteiger partial charge in [0.25, 0.3) is 0 Å². The molecule has 0 bridgehead atoms. The zero-order chi connectivity index (χ0) is 19.3. The van der Waals surface area contributed by atoms with Crippen molar-refractivity contribution in [3.63, 3.8) is 0 Å². The van der Waals surface area contributed by atoms with Gasteiger partial charge < -0.3 is 19.1 Å². The highest BCUT2D eigenvalue weighted by atomic mass is 16.6. The van der Waals surface area contributed by atoms with Crippen molar-refractivity contribution in [2.45, 2.75) is 45.6 Å². The number of pyridine rings is 1. The number of hydrogen-bond acceptors (Lipinski definition) is 6. The molecular weight excluding hydrogens is 336 g/mol. The van der Waals surface area contributed by atoms with E-state index in [4.69, 9.17) is 14.2 Å². The Morgan fingerprint density at radius 2 is 2.08 bits per heavy atom. The topological polar surface area (TPSA) is 78.0 Å². The van der Waals surface area contributed by atoms with Crippen LogP contribution in [-0.2, 0) is 14.3 Å². The number of carbonyl (C=O) groups excluding carboxylic acids is 2. The number of ether oxygens (including phenoxy) is 3. The average Bonchev–Trinajstić information content (AvgIpc) is 2.60. The van der Waals surface area contributed by atoms with Gasteiger partial charge >= 0.3 is 12.1 Å². The summed E-state index contributed by atoms with van der Waals surface area (Å²) in [6, 6.07) is 3.71. The molecule has 0 saturated carbocycles. The Balaban J connectivity index is 2.22. The second-order valence-electron chi connectivity index (χ2n) is 7.31. The van der Waals surface area contributed by atoms with E-state index in [1.165, 1.54) is 0 Å². The lowest BCUT2D eigenvalue weighted by Crippen LogP contribution is -2.47. The maximum atomic E-state index is 12.5. The smallest absolute Gasteiger partial charge is 0.410 e. The minimum Gasteiger partial charge on any atom is -0.481 e. The zero-order valence-electron chi connectivity index (χ0n) is 16.2. The van der Waals surface area contributed by atoms with Gasteiger partial charge in [-0.2, -0.15) is 0 Å². The van der Waals surface area contributed by atoms with Crippen LogP contribution in [0.5, 0.6) is 5.88 Å². The molecule has 1 saturated heterocycles.